The molecule has 0 aliphatic carbocycles. The zero-order valence-corrected chi connectivity index (χ0v) is 14.7. The highest BCUT2D eigenvalue weighted by atomic mass is 14.2. The predicted molar refractivity (Wildman–Crippen MR) is 96.3 cm³/mol. The van der Waals surface area contributed by atoms with Crippen molar-refractivity contribution in [3.8, 4) is 12.1 Å². The van der Waals surface area contributed by atoms with Gasteiger partial charge in [-0.3, -0.25) is 0 Å². The first-order valence-corrected chi connectivity index (χ1v) is 8.87. The van der Waals surface area contributed by atoms with Gasteiger partial charge in [0.2, 0.25) is 0 Å². The standard InChI is InChI=1S/2C10H17N/c2*1-2-3-4-5-6-7-8-9-10-11/h2*6-7H,2-5,8-9H2,1H3. The molecule has 0 heterocycles. The lowest BCUT2D eigenvalue weighted by Crippen LogP contribution is -1.71. The molecule has 0 aromatic carbocycles. The zero-order valence-electron chi connectivity index (χ0n) is 14.7. The second-order valence-corrected chi connectivity index (χ2v) is 5.33. The molecule has 0 fully saturated rings. The van der Waals surface area contributed by atoms with Crippen molar-refractivity contribution in [1.82, 2.24) is 0 Å². The van der Waals surface area contributed by atoms with Crippen molar-refractivity contribution in [3.05, 3.63) is 24.3 Å². The monoisotopic (exact) mass is 302 g/mol. The van der Waals surface area contributed by atoms with E-state index in [1.807, 2.05) is 0 Å². The Morgan fingerprint density at radius 3 is 1.27 bits per heavy atom. The molecule has 0 rings (SSSR count). The van der Waals surface area contributed by atoms with Gasteiger partial charge in [-0.2, -0.15) is 10.5 Å². The van der Waals surface area contributed by atoms with Gasteiger partial charge in [0.1, 0.15) is 0 Å². The van der Waals surface area contributed by atoms with Gasteiger partial charge < -0.3 is 0 Å². The van der Waals surface area contributed by atoms with Crippen LogP contribution in [0, 0.1) is 22.7 Å². The first-order chi connectivity index (χ1) is 10.8. The van der Waals surface area contributed by atoms with Gasteiger partial charge in [-0.1, -0.05) is 63.8 Å². The van der Waals surface area contributed by atoms with Gasteiger partial charge in [0, 0.05) is 12.8 Å². The lowest BCUT2D eigenvalue weighted by atomic mass is 10.2. The van der Waals surface area contributed by atoms with Crippen molar-refractivity contribution in [2.24, 2.45) is 0 Å². The van der Waals surface area contributed by atoms with Crippen molar-refractivity contribution in [2.75, 3.05) is 0 Å². The van der Waals surface area contributed by atoms with E-state index in [2.05, 4.69) is 50.3 Å². The second-order valence-electron chi connectivity index (χ2n) is 5.33. The van der Waals surface area contributed by atoms with Crippen LogP contribution in [-0.2, 0) is 0 Å². The van der Waals surface area contributed by atoms with E-state index in [9.17, 15) is 0 Å². The molecule has 0 aromatic heterocycles. The van der Waals surface area contributed by atoms with Crippen molar-refractivity contribution < 1.29 is 0 Å². The summed E-state index contributed by atoms with van der Waals surface area (Å²) in [6, 6.07) is 4.24. The van der Waals surface area contributed by atoms with E-state index >= 15 is 0 Å². The Kier molecular flexibility index (Phi) is 25.3. The lowest BCUT2D eigenvalue weighted by Gasteiger charge is -1.90. The fraction of sp³-hybridized carbons (Fsp3) is 0.700. The van der Waals surface area contributed by atoms with Crippen LogP contribution >= 0.6 is 0 Å². The minimum atomic E-state index is 0.657. The molecule has 0 aliphatic rings. The number of allylic oxidation sites excluding steroid dienone is 4. The molecule has 0 spiro atoms. The average Bonchev–Trinajstić information content (AvgIpc) is 2.54. The molecule has 0 amide bonds. The zero-order chi connectivity index (χ0) is 16.7. The number of unbranched alkanes of at least 4 members (excludes halogenated alkanes) is 8. The summed E-state index contributed by atoms with van der Waals surface area (Å²) in [5.74, 6) is 0. The van der Waals surface area contributed by atoms with Crippen LogP contribution in [0.3, 0.4) is 0 Å². The third-order valence-corrected chi connectivity index (χ3v) is 3.13. The summed E-state index contributed by atoms with van der Waals surface area (Å²) in [6.07, 6.45) is 21.9. The van der Waals surface area contributed by atoms with Gasteiger partial charge in [0.05, 0.1) is 12.1 Å². The van der Waals surface area contributed by atoms with Crippen LogP contribution in [0.1, 0.15) is 90.9 Å². The number of nitriles is 2. The van der Waals surface area contributed by atoms with E-state index in [4.69, 9.17) is 10.5 Å². The third-order valence-electron chi connectivity index (χ3n) is 3.13. The molecule has 22 heavy (non-hydrogen) atoms. The first-order valence-electron chi connectivity index (χ1n) is 8.87. The maximum atomic E-state index is 8.22. The number of nitrogens with zero attached hydrogens (tertiary/aromatic N) is 2. The topological polar surface area (TPSA) is 47.6 Å². The van der Waals surface area contributed by atoms with Gasteiger partial charge in [0.25, 0.3) is 0 Å². The number of rotatable bonds is 12. The molecule has 0 bridgehead atoms. The van der Waals surface area contributed by atoms with Crippen LogP contribution in [0.2, 0.25) is 0 Å². The third kappa shape index (κ3) is 26.9. The molecular formula is C20H34N2. The molecule has 0 aliphatic heterocycles. The molecule has 0 N–H and O–H groups in total. The van der Waals surface area contributed by atoms with Crippen LogP contribution in [0.15, 0.2) is 24.3 Å². The summed E-state index contributed by atoms with van der Waals surface area (Å²) < 4.78 is 0. The maximum Gasteiger partial charge on any atom is 0.0624 e. The predicted octanol–water partition coefficient (Wildman–Crippen LogP) is 6.85. The van der Waals surface area contributed by atoms with Gasteiger partial charge in [-0.15, -0.1) is 0 Å². The van der Waals surface area contributed by atoms with Crippen LogP contribution in [0.4, 0.5) is 0 Å². The summed E-state index contributed by atoms with van der Waals surface area (Å²) in [4.78, 5) is 0. The second kappa shape index (κ2) is 24.5. The Morgan fingerprint density at radius 2 is 0.955 bits per heavy atom. The fourth-order valence-electron chi connectivity index (χ4n) is 1.79. The van der Waals surface area contributed by atoms with E-state index in [0.717, 1.165) is 12.8 Å². The maximum absolute atomic E-state index is 8.22. The molecule has 2 heteroatoms. The first kappa shape index (κ1) is 22.7. The normalized spacial score (nSPS) is 10.2. The highest BCUT2D eigenvalue weighted by molar-refractivity contribution is 4.85. The molecule has 0 unspecified atom stereocenters. The number of hydrogen-bond acceptors (Lipinski definition) is 2. The molecule has 0 radical (unpaired) electrons. The molecule has 124 valence electrons. The van der Waals surface area contributed by atoms with Crippen molar-refractivity contribution in [2.45, 2.75) is 90.9 Å². The van der Waals surface area contributed by atoms with E-state index in [0.29, 0.717) is 12.8 Å². The summed E-state index contributed by atoms with van der Waals surface area (Å²) in [5, 5.41) is 16.4. The molecule has 0 aromatic rings. The smallest absolute Gasteiger partial charge is 0.0624 e. The van der Waals surface area contributed by atoms with Crippen molar-refractivity contribution in [3.63, 3.8) is 0 Å². The van der Waals surface area contributed by atoms with E-state index in [1.165, 1.54) is 51.4 Å². The molecule has 0 atom stereocenters. The highest BCUT2D eigenvalue weighted by Crippen LogP contribution is 2.01. The summed E-state index contributed by atoms with van der Waals surface area (Å²) >= 11 is 0. The SMILES string of the molecule is CCCCCC=CCCC#N.CCCCCC=CCCC#N. The number of hydrogen-bond donors (Lipinski definition) is 0. The minimum Gasteiger partial charge on any atom is -0.198 e. The van der Waals surface area contributed by atoms with Gasteiger partial charge in [-0.05, 0) is 38.5 Å². The van der Waals surface area contributed by atoms with E-state index < -0.39 is 0 Å². The van der Waals surface area contributed by atoms with Gasteiger partial charge in [0.15, 0.2) is 0 Å². The molecule has 0 saturated heterocycles. The Bertz CT molecular complexity index is 295. The van der Waals surface area contributed by atoms with Crippen LogP contribution in [0.25, 0.3) is 0 Å². The summed E-state index contributed by atoms with van der Waals surface area (Å²) in [6.45, 7) is 4.42. The van der Waals surface area contributed by atoms with Crippen LogP contribution < -0.4 is 0 Å². The van der Waals surface area contributed by atoms with Crippen molar-refractivity contribution >= 4 is 0 Å². The fourth-order valence-corrected chi connectivity index (χ4v) is 1.79. The molecule has 2 nitrogen and oxygen atoms in total. The Hall–Kier alpha value is -1.54. The average molecular weight is 303 g/mol. The highest BCUT2D eigenvalue weighted by Gasteiger charge is 1.82. The summed E-state index contributed by atoms with van der Waals surface area (Å²) in [5.41, 5.74) is 0. The minimum absolute atomic E-state index is 0.657. The van der Waals surface area contributed by atoms with Crippen LogP contribution in [-0.4, -0.2) is 0 Å². The van der Waals surface area contributed by atoms with Gasteiger partial charge >= 0.3 is 0 Å². The molecular weight excluding hydrogens is 268 g/mol. The van der Waals surface area contributed by atoms with E-state index in [1.54, 1.807) is 0 Å². The Balaban J connectivity index is 0. The molecule has 0 saturated carbocycles. The quantitative estimate of drug-likeness (QED) is 0.292. The van der Waals surface area contributed by atoms with Crippen molar-refractivity contribution in [1.29, 1.82) is 10.5 Å². The van der Waals surface area contributed by atoms with E-state index in [-0.39, 0.29) is 0 Å². The Morgan fingerprint density at radius 1 is 0.591 bits per heavy atom. The van der Waals surface area contributed by atoms with Gasteiger partial charge in [-0.25, -0.2) is 0 Å². The largest absolute Gasteiger partial charge is 0.198 e. The lowest BCUT2D eigenvalue weighted by molar-refractivity contribution is 0.728. The summed E-state index contributed by atoms with van der Waals surface area (Å²) in [7, 11) is 0. The van der Waals surface area contributed by atoms with Crippen LogP contribution in [0.5, 0.6) is 0 Å². The Labute approximate surface area is 138 Å².